The van der Waals surface area contributed by atoms with E-state index in [0.717, 1.165) is 42.9 Å². The summed E-state index contributed by atoms with van der Waals surface area (Å²) in [4.78, 5) is 13.9. The van der Waals surface area contributed by atoms with E-state index in [4.69, 9.17) is 17.3 Å². The van der Waals surface area contributed by atoms with Crippen LogP contribution >= 0.6 is 11.6 Å². The van der Waals surface area contributed by atoms with E-state index < -0.39 is 0 Å². The van der Waals surface area contributed by atoms with Crippen LogP contribution in [0.25, 0.3) is 10.9 Å². The highest BCUT2D eigenvalue weighted by Crippen LogP contribution is 2.22. The molecule has 2 heterocycles. The second-order valence-corrected chi connectivity index (χ2v) is 6.72. The molecular weight excluding hydrogens is 334 g/mol. The van der Waals surface area contributed by atoms with Gasteiger partial charge in [0.05, 0.1) is 12.1 Å². The highest BCUT2D eigenvalue weighted by atomic mass is 35.5. The number of fused-ring (bicyclic) bond motifs is 1. The number of rotatable bonds is 3. The fraction of sp³-hybridized carbons (Fsp3) is 0.263. The summed E-state index contributed by atoms with van der Waals surface area (Å²) < 4.78 is 0. The number of aromatic nitrogens is 2. The molecule has 0 atom stereocenters. The Kier molecular flexibility index (Phi) is 4.42. The van der Waals surface area contributed by atoms with E-state index in [9.17, 15) is 0 Å². The summed E-state index contributed by atoms with van der Waals surface area (Å²) >= 11 is 6.07. The number of nitrogen functional groups attached to an aromatic ring is 1. The molecule has 128 valence electrons. The van der Waals surface area contributed by atoms with Gasteiger partial charge in [0, 0.05) is 42.3 Å². The number of benzene rings is 2. The molecule has 2 N–H and O–H groups in total. The molecule has 1 aliphatic heterocycles. The Morgan fingerprint density at radius 2 is 1.72 bits per heavy atom. The van der Waals surface area contributed by atoms with Gasteiger partial charge in [-0.3, -0.25) is 4.90 Å². The monoisotopic (exact) mass is 353 g/mol. The van der Waals surface area contributed by atoms with Crippen molar-refractivity contribution >= 4 is 34.0 Å². The molecule has 2 aromatic carbocycles. The molecule has 5 nitrogen and oxygen atoms in total. The van der Waals surface area contributed by atoms with Crippen LogP contribution < -0.4 is 10.6 Å². The summed E-state index contributed by atoms with van der Waals surface area (Å²) in [5.74, 6) is 1.26. The van der Waals surface area contributed by atoms with Crippen molar-refractivity contribution in [3.8, 4) is 0 Å². The SMILES string of the molecule is Nc1nc(CN2CCN(c3ccccc3)CC2)nc2cc(Cl)ccc12. The minimum Gasteiger partial charge on any atom is -0.383 e. The molecule has 3 aromatic rings. The molecule has 25 heavy (non-hydrogen) atoms. The van der Waals surface area contributed by atoms with Gasteiger partial charge in [0.25, 0.3) is 0 Å². The number of hydrogen-bond acceptors (Lipinski definition) is 5. The minimum absolute atomic E-state index is 0.514. The average Bonchev–Trinajstić information content (AvgIpc) is 2.63. The molecule has 1 aromatic heterocycles. The predicted octanol–water partition coefficient (Wildman–Crippen LogP) is 3.19. The molecule has 0 amide bonds. The Hall–Kier alpha value is -2.37. The van der Waals surface area contributed by atoms with E-state index in [1.165, 1.54) is 5.69 Å². The van der Waals surface area contributed by atoms with Crippen molar-refractivity contribution in [2.75, 3.05) is 36.8 Å². The standard InChI is InChI=1S/C19H20ClN5/c20-14-6-7-16-17(12-14)22-18(23-19(16)21)13-24-8-10-25(11-9-24)15-4-2-1-3-5-15/h1-7,12H,8-11,13H2,(H2,21,22,23). The molecular formula is C19H20ClN5. The molecule has 0 radical (unpaired) electrons. The van der Waals surface area contributed by atoms with Crippen molar-refractivity contribution in [3.05, 3.63) is 59.4 Å². The molecule has 0 bridgehead atoms. The zero-order valence-corrected chi connectivity index (χ0v) is 14.7. The lowest BCUT2D eigenvalue weighted by molar-refractivity contribution is 0.244. The van der Waals surface area contributed by atoms with Crippen LogP contribution in [0.5, 0.6) is 0 Å². The molecule has 6 heteroatoms. The van der Waals surface area contributed by atoms with E-state index in [1.807, 2.05) is 24.3 Å². The van der Waals surface area contributed by atoms with Gasteiger partial charge in [-0.15, -0.1) is 0 Å². The summed E-state index contributed by atoms with van der Waals surface area (Å²) in [6.07, 6.45) is 0. The number of nitrogens with two attached hydrogens (primary N) is 1. The summed E-state index contributed by atoms with van der Waals surface area (Å²) in [6.45, 7) is 4.66. The van der Waals surface area contributed by atoms with Crippen LogP contribution in [-0.2, 0) is 6.54 Å². The molecule has 0 saturated carbocycles. The van der Waals surface area contributed by atoms with Gasteiger partial charge in [-0.05, 0) is 30.3 Å². The van der Waals surface area contributed by atoms with Gasteiger partial charge in [0.15, 0.2) is 0 Å². The van der Waals surface area contributed by atoms with Gasteiger partial charge in [-0.1, -0.05) is 29.8 Å². The number of para-hydroxylation sites is 1. The molecule has 1 fully saturated rings. The van der Waals surface area contributed by atoms with Crippen molar-refractivity contribution in [2.24, 2.45) is 0 Å². The maximum Gasteiger partial charge on any atom is 0.145 e. The van der Waals surface area contributed by atoms with Crippen LogP contribution in [0.3, 0.4) is 0 Å². The first-order chi connectivity index (χ1) is 12.2. The third kappa shape index (κ3) is 3.52. The summed E-state index contributed by atoms with van der Waals surface area (Å²) in [6, 6.07) is 16.1. The maximum atomic E-state index is 6.09. The minimum atomic E-state index is 0.514. The van der Waals surface area contributed by atoms with Crippen LogP contribution in [0.15, 0.2) is 48.5 Å². The first-order valence-electron chi connectivity index (χ1n) is 8.43. The second kappa shape index (κ2) is 6.86. The number of anilines is 2. The fourth-order valence-electron chi connectivity index (χ4n) is 3.25. The van der Waals surface area contributed by atoms with E-state index in [-0.39, 0.29) is 0 Å². The smallest absolute Gasteiger partial charge is 0.145 e. The molecule has 4 rings (SSSR count). The van der Waals surface area contributed by atoms with Crippen molar-refractivity contribution in [2.45, 2.75) is 6.54 Å². The van der Waals surface area contributed by atoms with Gasteiger partial charge in [0.1, 0.15) is 11.6 Å². The van der Waals surface area contributed by atoms with Crippen molar-refractivity contribution in [1.29, 1.82) is 0 Å². The topological polar surface area (TPSA) is 58.3 Å². The Labute approximate surface area is 152 Å². The third-order valence-electron chi connectivity index (χ3n) is 4.59. The quantitative estimate of drug-likeness (QED) is 0.783. The van der Waals surface area contributed by atoms with Crippen molar-refractivity contribution < 1.29 is 0 Å². The molecule has 1 saturated heterocycles. The number of piperazine rings is 1. The summed E-state index contributed by atoms with van der Waals surface area (Å²) in [7, 11) is 0. The van der Waals surface area contributed by atoms with Crippen LogP contribution in [-0.4, -0.2) is 41.0 Å². The predicted molar refractivity (Wildman–Crippen MR) is 103 cm³/mol. The first kappa shape index (κ1) is 16.1. The average molecular weight is 354 g/mol. The largest absolute Gasteiger partial charge is 0.383 e. The Morgan fingerprint density at radius 1 is 0.960 bits per heavy atom. The van der Waals surface area contributed by atoms with Crippen molar-refractivity contribution in [1.82, 2.24) is 14.9 Å². The molecule has 0 aliphatic carbocycles. The molecule has 0 spiro atoms. The van der Waals surface area contributed by atoms with Crippen LogP contribution in [0.4, 0.5) is 11.5 Å². The number of nitrogens with zero attached hydrogens (tertiary/aromatic N) is 4. The third-order valence-corrected chi connectivity index (χ3v) is 4.83. The highest BCUT2D eigenvalue weighted by Gasteiger charge is 2.18. The normalized spacial score (nSPS) is 15.6. The lowest BCUT2D eigenvalue weighted by atomic mass is 10.2. The van der Waals surface area contributed by atoms with Crippen molar-refractivity contribution in [3.63, 3.8) is 0 Å². The van der Waals surface area contributed by atoms with Gasteiger partial charge in [0.2, 0.25) is 0 Å². The van der Waals surface area contributed by atoms with Gasteiger partial charge in [-0.25, -0.2) is 9.97 Å². The number of halogens is 1. The zero-order chi connectivity index (χ0) is 17.2. The first-order valence-corrected chi connectivity index (χ1v) is 8.81. The molecule has 0 unspecified atom stereocenters. The highest BCUT2D eigenvalue weighted by molar-refractivity contribution is 6.31. The zero-order valence-electron chi connectivity index (χ0n) is 13.9. The molecule has 1 aliphatic rings. The maximum absolute atomic E-state index is 6.09. The van der Waals surface area contributed by atoms with E-state index in [0.29, 0.717) is 17.4 Å². The summed E-state index contributed by atoms with van der Waals surface area (Å²) in [5.41, 5.74) is 8.17. The second-order valence-electron chi connectivity index (χ2n) is 6.29. The summed E-state index contributed by atoms with van der Waals surface area (Å²) in [5, 5.41) is 1.51. The van der Waals surface area contributed by atoms with E-state index in [2.05, 4.69) is 44.0 Å². The lowest BCUT2D eigenvalue weighted by Crippen LogP contribution is -2.46. The fourth-order valence-corrected chi connectivity index (χ4v) is 3.42. The van der Waals surface area contributed by atoms with E-state index in [1.54, 1.807) is 0 Å². The van der Waals surface area contributed by atoms with Crippen LogP contribution in [0.1, 0.15) is 5.82 Å². The van der Waals surface area contributed by atoms with Gasteiger partial charge in [-0.2, -0.15) is 0 Å². The number of hydrogen-bond donors (Lipinski definition) is 1. The Bertz CT molecular complexity index is 876. The van der Waals surface area contributed by atoms with Gasteiger partial charge >= 0.3 is 0 Å². The van der Waals surface area contributed by atoms with Gasteiger partial charge < -0.3 is 10.6 Å². The lowest BCUT2D eigenvalue weighted by Gasteiger charge is -2.35. The Balaban J connectivity index is 1.46. The van der Waals surface area contributed by atoms with E-state index >= 15 is 0 Å². The Morgan fingerprint density at radius 3 is 2.48 bits per heavy atom. The van der Waals surface area contributed by atoms with Crippen LogP contribution in [0.2, 0.25) is 5.02 Å². The van der Waals surface area contributed by atoms with Crippen LogP contribution in [0, 0.1) is 0 Å².